The largest absolute Gasteiger partial charge is 0.469 e. The second-order valence-electron chi connectivity index (χ2n) is 11.1. The number of ether oxygens (including phenoxy) is 2. The van der Waals surface area contributed by atoms with Crippen molar-refractivity contribution in [2.45, 2.75) is 161 Å². The van der Waals surface area contributed by atoms with Crippen LogP contribution >= 0.6 is 19.6 Å². The first-order chi connectivity index (χ1) is 20.1. The van der Waals surface area contributed by atoms with Crippen LogP contribution in [-0.2, 0) is 32.9 Å². The van der Waals surface area contributed by atoms with Gasteiger partial charge in [-0.05, 0) is 19.3 Å². The van der Waals surface area contributed by atoms with Gasteiger partial charge in [0.2, 0.25) is 0 Å². The summed E-state index contributed by atoms with van der Waals surface area (Å²) in [5.74, 6) is -0.0610. The quantitative estimate of drug-likeness (QED) is 0.0448. The third-order valence-electron chi connectivity index (χ3n) is 6.97. The molecule has 11 heteroatoms. The molecule has 0 radical (unpaired) electrons. The zero-order chi connectivity index (χ0) is 31.3. The fraction of sp³-hybridized carbons (Fsp3) is 0.903. The zero-order valence-electron chi connectivity index (χ0n) is 26.4. The van der Waals surface area contributed by atoms with Gasteiger partial charge in [0.25, 0.3) is 0 Å². The van der Waals surface area contributed by atoms with Gasteiger partial charge in [-0.1, -0.05) is 128 Å². The highest BCUT2D eigenvalue weighted by Gasteiger charge is 2.22. The summed E-state index contributed by atoms with van der Waals surface area (Å²) in [5.41, 5.74) is 0. The summed E-state index contributed by atoms with van der Waals surface area (Å²) in [5, 5.41) is 0.158. The lowest BCUT2D eigenvalue weighted by Gasteiger charge is -2.18. The summed E-state index contributed by atoms with van der Waals surface area (Å²) in [6.07, 6.45) is 21.9. The summed E-state index contributed by atoms with van der Waals surface area (Å²) in [6, 6.07) is 0. The molecule has 0 amide bonds. The Morgan fingerprint density at radius 2 is 1.07 bits per heavy atom. The number of esters is 2. The highest BCUT2D eigenvalue weighted by atomic mass is 32.2. The number of carbonyl (C=O) groups is 3. The summed E-state index contributed by atoms with van der Waals surface area (Å²) >= 11 is 1.37. The van der Waals surface area contributed by atoms with Gasteiger partial charge >= 0.3 is 19.8 Å². The van der Waals surface area contributed by atoms with E-state index in [1.807, 2.05) is 0 Å². The van der Waals surface area contributed by atoms with Crippen molar-refractivity contribution in [3.05, 3.63) is 0 Å². The minimum Gasteiger partial charge on any atom is -0.462 e. The van der Waals surface area contributed by atoms with Crippen LogP contribution in [0.5, 0.6) is 0 Å². The number of phosphoric ester groups is 1. The van der Waals surface area contributed by atoms with Crippen molar-refractivity contribution in [2.24, 2.45) is 0 Å². The molecular formula is C31H59O9PS. The first-order valence-corrected chi connectivity index (χ1v) is 18.8. The Kier molecular flexibility index (Phi) is 28.2. The average Bonchev–Trinajstić information content (AvgIpc) is 2.93. The van der Waals surface area contributed by atoms with Gasteiger partial charge in [-0.3, -0.25) is 18.9 Å². The number of rotatable bonds is 30. The predicted molar refractivity (Wildman–Crippen MR) is 169 cm³/mol. The van der Waals surface area contributed by atoms with E-state index in [-0.39, 0.29) is 24.6 Å². The fourth-order valence-corrected chi connectivity index (χ4v) is 5.55. The third kappa shape index (κ3) is 32.0. The van der Waals surface area contributed by atoms with Crippen molar-refractivity contribution in [1.82, 2.24) is 0 Å². The Bertz CT molecular complexity index is 729. The molecule has 0 aliphatic rings. The van der Waals surface area contributed by atoms with E-state index in [2.05, 4.69) is 11.4 Å². The third-order valence-corrected chi connectivity index (χ3v) is 8.36. The number of hydrogen-bond acceptors (Lipinski definition) is 8. The van der Waals surface area contributed by atoms with E-state index < -0.39 is 32.5 Å². The molecule has 0 aromatic rings. The van der Waals surface area contributed by atoms with E-state index in [0.29, 0.717) is 12.8 Å². The van der Waals surface area contributed by atoms with Crippen molar-refractivity contribution >= 4 is 36.6 Å². The van der Waals surface area contributed by atoms with Gasteiger partial charge in [0.15, 0.2) is 11.2 Å². The van der Waals surface area contributed by atoms with E-state index in [1.54, 1.807) is 6.92 Å². The molecule has 0 fully saturated rings. The zero-order valence-corrected chi connectivity index (χ0v) is 28.1. The van der Waals surface area contributed by atoms with E-state index in [9.17, 15) is 18.9 Å². The van der Waals surface area contributed by atoms with Crippen LogP contribution in [-0.4, -0.2) is 51.9 Å². The minimum atomic E-state index is -4.75. The van der Waals surface area contributed by atoms with E-state index in [1.165, 1.54) is 69.5 Å². The van der Waals surface area contributed by atoms with Crippen LogP contribution < -0.4 is 0 Å². The maximum Gasteiger partial charge on any atom is 0.469 e. The molecule has 248 valence electrons. The first kappa shape index (κ1) is 41.1. The minimum absolute atomic E-state index is 0.158. The average molecular weight is 639 g/mol. The molecule has 0 saturated heterocycles. The maximum atomic E-state index is 12.3. The highest BCUT2D eigenvalue weighted by Crippen LogP contribution is 2.36. The van der Waals surface area contributed by atoms with Crippen molar-refractivity contribution in [2.75, 3.05) is 19.0 Å². The predicted octanol–water partition coefficient (Wildman–Crippen LogP) is 8.43. The van der Waals surface area contributed by atoms with Crippen LogP contribution in [0.15, 0.2) is 0 Å². The number of unbranched alkanes of at least 4 members (excludes halogenated alkanes) is 18. The monoisotopic (exact) mass is 638 g/mol. The molecule has 0 saturated carbocycles. The molecule has 1 atom stereocenters. The second-order valence-corrected chi connectivity index (χ2v) is 13.6. The molecule has 0 aromatic carbocycles. The number of thioether (sulfide) groups is 1. The van der Waals surface area contributed by atoms with Crippen LogP contribution in [0.1, 0.15) is 155 Å². The van der Waals surface area contributed by atoms with Gasteiger partial charge in [-0.2, -0.15) is 0 Å². The highest BCUT2D eigenvalue weighted by molar-refractivity contribution is 8.13. The molecule has 0 heterocycles. The molecule has 0 aromatic heterocycles. The van der Waals surface area contributed by atoms with E-state index >= 15 is 0 Å². The lowest BCUT2D eigenvalue weighted by molar-refractivity contribution is -0.161. The summed E-state index contributed by atoms with van der Waals surface area (Å²) in [6.45, 7) is 2.97. The van der Waals surface area contributed by atoms with Crippen molar-refractivity contribution in [3.8, 4) is 0 Å². The maximum absolute atomic E-state index is 12.3. The molecule has 0 spiro atoms. The number of hydrogen-bond donors (Lipinski definition) is 2. The molecule has 0 bridgehead atoms. The molecule has 0 unspecified atom stereocenters. The topological polar surface area (TPSA) is 136 Å². The number of phosphoric acid groups is 1. The molecule has 0 aliphatic carbocycles. The molecular weight excluding hydrogens is 579 g/mol. The standard InChI is InChI=1S/C31H59O9PS/c1-3-4-5-6-7-8-9-10-11-12-14-18-21-24-31(34)40-29(27-39-41(35,36)37)26-38-30(33)23-20-17-15-13-16-19-22-25-42-28(2)32/h29H,3-27H2,1-2H3,(H2,35,36,37)/t29-/m1/s1. The van der Waals surface area contributed by atoms with Crippen molar-refractivity contribution < 1.29 is 42.7 Å². The van der Waals surface area contributed by atoms with Gasteiger partial charge in [0.05, 0.1) is 6.61 Å². The molecule has 0 aliphatic heterocycles. The molecule has 0 rings (SSSR count). The van der Waals surface area contributed by atoms with Gasteiger partial charge in [0, 0.05) is 25.5 Å². The van der Waals surface area contributed by atoms with Crippen LogP contribution in [0.4, 0.5) is 0 Å². The van der Waals surface area contributed by atoms with Gasteiger partial charge in [-0.15, -0.1) is 0 Å². The van der Waals surface area contributed by atoms with Crippen LogP contribution in [0.2, 0.25) is 0 Å². The summed E-state index contributed by atoms with van der Waals surface area (Å²) in [7, 11) is -4.75. The van der Waals surface area contributed by atoms with Gasteiger partial charge in [0.1, 0.15) is 6.61 Å². The summed E-state index contributed by atoms with van der Waals surface area (Å²) < 4.78 is 26.1. The second kappa shape index (κ2) is 28.8. The smallest absolute Gasteiger partial charge is 0.462 e. The normalized spacial score (nSPS) is 12.3. The van der Waals surface area contributed by atoms with Crippen molar-refractivity contribution in [1.29, 1.82) is 0 Å². The first-order valence-electron chi connectivity index (χ1n) is 16.3. The number of carbonyl (C=O) groups excluding carboxylic acids is 3. The van der Waals surface area contributed by atoms with Crippen molar-refractivity contribution in [3.63, 3.8) is 0 Å². The van der Waals surface area contributed by atoms with Crippen LogP contribution in [0, 0.1) is 0 Å². The van der Waals surface area contributed by atoms with Gasteiger partial charge < -0.3 is 19.3 Å². The Morgan fingerprint density at radius 3 is 1.52 bits per heavy atom. The fourth-order valence-electron chi connectivity index (χ4n) is 4.56. The Balaban J connectivity index is 3.99. The molecule has 2 N–H and O–H groups in total. The lowest BCUT2D eigenvalue weighted by atomic mass is 10.0. The lowest BCUT2D eigenvalue weighted by Crippen LogP contribution is -2.29. The van der Waals surface area contributed by atoms with E-state index in [4.69, 9.17) is 19.3 Å². The van der Waals surface area contributed by atoms with Crippen LogP contribution in [0.3, 0.4) is 0 Å². The molecule has 42 heavy (non-hydrogen) atoms. The van der Waals surface area contributed by atoms with Crippen LogP contribution in [0.25, 0.3) is 0 Å². The van der Waals surface area contributed by atoms with E-state index in [0.717, 1.165) is 63.5 Å². The summed E-state index contributed by atoms with van der Waals surface area (Å²) in [4.78, 5) is 53.3. The SMILES string of the molecule is CCCCCCCCCCCCCCCC(=O)O[C@H](COC(=O)CCCCCCCCCSC(C)=O)COP(=O)(O)O. The Morgan fingerprint density at radius 1 is 0.643 bits per heavy atom. The Labute approximate surface area is 259 Å². The Hall–Kier alpha value is -0.930. The van der Waals surface area contributed by atoms with Gasteiger partial charge in [-0.25, -0.2) is 4.57 Å². The molecule has 9 nitrogen and oxygen atoms in total.